The Kier molecular flexibility index (Phi) is 5.81. The topological polar surface area (TPSA) is 29.3 Å². The number of rotatable bonds is 7. The van der Waals surface area contributed by atoms with Gasteiger partial charge in [0.1, 0.15) is 0 Å². The van der Waals surface area contributed by atoms with Crippen LogP contribution < -0.4 is 10.6 Å². The van der Waals surface area contributed by atoms with Crippen molar-refractivity contribution in [1.82, 2.24) is 0 Å². The van der Waals surface area contributed by atoms with E-state index in [0.29, 0.717) is 0 Å². The van der Waals surface area contributed by atoms with Crippen molar-refractivity contribution in [2.45, 2.75) is 18.2 Å². The van der Waals surface area contributed by atoms with E-state index < -0.39 is 0 Å². The van der Waals surface area contributed by atoms with Crippen LogP contribution in [0.25, 0.3) is 0 Å². The summed E-state index contributed by atoms with van der Waals surface area (Å²) in [5.74, 6) is 1.08. The molecule has 0 aliphatic heterocycles. The molecule has 2 N–H and O–H groups in total. The van der Waals surface area contributed by atoms with E-state index in [0.717, 1.165) is 31.0 Å². The van der Waals surface area contributed by atoms with Gasteiger partial charge in [-0.25, -0.2) is 0 Å². The van der Waals surface area contributed by atoms with Gasteiger partial charge in [0.25, 0.3) is 0 Å². The predicted octanol–water partition coefficient (Wildman–Crippen LogP) is 4.28. The molecule has 0 atom stereocenters. The van der Waals surface area contributed by atoms with E-state index in [2.05, 4.69) is 54.3 Å². The number of thioether (sulfide) groups is 1. The summed E-state index contributed by atoms with van der Waals surface area (Å²) in [6, 6.07) is 18.7. The molecule has 0 bridgehead atoms. The summed E-state index contributed by atoms with van der Waals surface area (Å²) in [6.07, 6.45) is 1.14. The maximum atomic E-state index is 5.88. The standard InChI is InChI=1S/C17H22N2S/c1-2-11-19(16-8-6-7-15(18)14-16)12-13-20-17-9-4-3-5-10-17/h3-10,14H,2,11-13,18H2,1H3. The summed E-state index contributed by atoms with van der Waals surface area (Å²) in [7, 11) is 0. The second kappa shape index (κ2) is 7.85. The molecular weight excluding hydrogens is 264 g/mol. The highest BCUT2D eigenvalue weighted by Crippen LogP contribution is 2.21. The zero-order chi connectivity index (χ0) is 14.2. The maximum Gasteiger partial charge on any atom is 0.0387 e. The van der Waals surface area contributed by atoms with Crippen molar-refractivity contribution < 1.29 is 0 Å². The van der Waals surface area contributed by atoms with E-state index in [1.54, 1.807) is 0 Å². The summed E-state index contributed by atoms with van der Waals surface area (Å²) < 4.78 is 0. The molecule has 2 aromatic carbocycles. The smallest absolute Gasteiger partial charge is 0.0387 e. The van der Waals surface area contributed by atoms with E-state index >= 15 is 0 Å². The largest absolute Gasteiger partial charge is 0.399 e. The maximum absolute atomic E-state index is 5.88. The fourth-order valence-corrected chi connectivity index (χ4v) is 3.05. The summed E-state index contributed by atoms with van der Waals surface area (Å²) in [5, 5.41) is 0. The Morgan fingerprint density at radius 1 is 1.00 bits per heavy atom. The number of hydrogen-bond acceptors (Lipinski definition) is 3. The molecular formula is C17H22N2S. The number of anilines is 2. The van der Waals surface area contributed by atoms with Crippen LogP contribution >= 0.6 is 11.8 Å². The van der Waals surface area contributed by atoms with Crippen LogP contribution in [0.15, 0.2) is 59.5 Å². The molecule has 0 unspecified atom stereocenters. The second-order valence-corrected chi connectivity index (χ2v) is 5.91. The minimum Gasteiger partial charge on any atom is -0.399 e. The second-order valence-electron chi connectivity index (χ2n) is 4.74. The molecule has 0 aromatic heterocycles. The van der Waals surface area contributed by atoms with Crippen LogP contribution in [0.3, 0.4) is 0 Å². The van der Waals surface area contributed by atoms with Gasteiger partial charge in [0.15, 0.2) is 0 Å². The first-order valence-corrected chi connectivity index (χ1v) is 8.06. The van der Waals surface area contributed by atoms with Crippen molar-refractivity contribution in [2.75, 3.05) is 29.5 Å². The Morgan fingerprint density at radius 2 is 1.80 bits per heavy atom. The number of hydrogen-bond donors (Lipinski definition) is 1. The van der Waals surface area contributed by atoms with Crippen molar-refractivity contribution in [1.29, 1.82) is 0 Å². The molecule has 0 saturated carbocycles. The van der Waals surface area contributed by atoms with Gasteiger partial charge in [-0.15, -0.1) is 11.8 Å². The van der Waals surface area contributed by atoms with Crippen LogP contribution in [0.2, 0.25) is 0 Å². The number of nitrogen functional groups attached to an aromatic ring is 1. The van der Waals surface area contributed by atoms with Crippen LogP contribution in [-0.4, -0.2) is 18.8 Å². The average Bonchev–Trinajstić information content (AvgIpc) is 2.47. The van der Waals surface area contributed by atoms with E-state index in [1.807, 2.05) is 23.9 Å². The molecule has 0 heterocycles. The van der Waals surface area contributed by atoms with Gasteiger partial charge in [0, 0.05) is 35.1 Å². The molecule has 0 amide bonds. The minimum absolute atomic E-state index is 0.833. The van der Waals surface area contributed by atoms with Gasteiger partial charge in [-0.1, -0.05) is 31.2 Å². The van der Waals surface area contributed by atoms with Gasteiger partial charge in [0.2, 0.25) is 0 Å². The van der Waals surface area contributed by atoms with Crippen molar-refractivity contribution >= 4 is 23.1 Å². The lowest BCUT2D eigenvalue weighted by Gasteiger charge is -2.24. The van der Waals surface area contributed by atoms with Crippen molar-refractivity contribution in [3.8, 4) is 0 Å². The fraction of sp³-hybridized carbons (Fsp3) is 0.294. The number of benzene rings is 2. The zero-order valence-electron chi connectivity index (χ0n) is 12.0. The van der Waals surface area contributed by atoms with Crippen molar-refractivity contribution in [3.63, 3.8) is 0 Å². The minimum atomic E-state index is 0.833. The summed E-state index contributed by atoms with van der Waals surface area (Å²) in [5.41, 5.74) is 7.94. The lowest BCUT2D eigenvalue weighted by Crippen LogP contribution is -2.26. The van der Waals surface area contributed by atoms with Gasteiger partial charge in [-0.05, 0) is 36.8 Å². The summed E-state index contributed by atoms with van der Waals surface area (Å²) in [6.45, 7) is 4.32. The van der Waals surface area contributed by atoms with Crippen molar-refractivity contribution in [3.05, 3.63) is 54.6 Å². The lowest BCUT2D eigenvalue weighted by molar-refractivity contribution is 0.796. The van der Waals surface area contributed by atoms with Crippen LogP contribution in [0, 0.1) is 0 Å². The summed E-state index contributed by atoms with van der Waals surface area (Å²) in [4.78, 5) is 3.74. The van der Waals surface area contributed by atoms with Crippen molar-refractivity contribution in [2.24, 2.45) is 0 Å². The Hall–Kier alpha value is -1.61. The lowest BCUT2D eigenvalue weighted by atomic mass is 10.2. The SMILES string of the molecule is CCCN(CCSc1ccccc1)c1cccc(N)c1. The van der Waals surface area contributed by atoms with Crippen LogP contribution in [0.1, 0.15) is 13.3 Å². The molecule has 20 heavy (non-hydrogen) atoms. The first-order valence-electron chi connectivity index (χ1n) is 7.08. The van der Waals surface area contributed by atoms with Gasteiger partial charge < -0.3 is 10.6 Å². The van der Waals surface area contributed by atoms with E-state index in [-0.39, 0.29) is 0 Å². The summed E-state index contributed by atoms with van der Waals surface area (Å²) >= 11 is 1.90. The highest BCUT2D eigenvalue weighted by molar-refractivity contribution is 7.99. The van der Waals surface area contributed by atoms with Gasteiger partial charge in [-0.2, -0.15) is 0 Å². The fourth-order valence-electron chi connectivity index (χ4n) is 2.15. The third kappa shape index (κ3) is 4.49. The Labute approximate surface area is 126 Å². The van der Waals surface area contributed by atoms with Crippen LogP contribution in [0.4, 0.5) is 11.4 Å². The molecule has 3 heteroatoms. The third-order valence-corrected chi connectivity index (χ3v) is 4.09. The molecule has 0 radical (unpaired) electrons. The molecule has 0 spiro atoms. The quantitative estimate of drug-likeness (QED) is 0.608. The van der Waals surface area contributed by atoms with Gasteiger partial charge >= 0.3 is 0 Å². The van der Waals surface area contributed by atoms with E-state index in [9.17, 15) is 0 Å². The van der Waals surface area contributed by atoms with Gasteiger partial charge in [-0.3, -0.25) is 0 Å². The number of nitrogens with zero attached hydrogens (tertiary/aromatic N) is 1. The molecule has 0 aliphatic carbocycles. The zero-order valence-corrected chi connectivity index (χ0v) is 12.8. The molecule has 0 saturated heterocycles. The molecule has 2 nitrogen and oxygen atoms in total. The molecule has 106 valence electrons. The van der Waals surface area contributed by atoms with E-state index in [1.165, 1.54) is 10.6 Å². The van der Waals surface area contributed by atoms with E-state index in [4.69, 9.17) is 5.73 Å². The molecule has 0 fully saturated rings. The third-order valence-electron chi connectivity index (χ3n) is 3.10. The predicted molar refractivity (Wildman–Crippen MR) is 90.5 cm³/mol. The molecule has 2 aromatic rings. The Balaban J connectivity index is 1.92. The molecule has 0 aliphatic rings. The normalized spacial score (nSPS) is 10.4. The van der Waals surface area contributed by atoms with Gasteiger partial charge in [0.05, 0.1) is 0 Å². The highest BCUT2D eigenvalue weighted by Gasteiger charge is 2.05. The Bertz CT molecular complexity index is 513. The first-order chi connectivity index (χ1) is 9.79. The monoisotopic (exact) mass is 286 g/mol. The highest BCUT2D eigenvalue weighted by atomic mass is 32.2. The van der Waals surface area contributed by atoms with Crippen LogP contribution in [-0.2, 0) is 0 Å². The average molecular weight is 286 g/mol. The molecule has 2 rings (SSSR count). The number of nitrogens with two attached hydrogens (primary N) is 1. The Morgan fingerprint density at radius 3 is 2.50 bits per heavy atom. The van der Waals surface area contributed by atoms with Crippen LogP contribution in [0.5, 0.6) is 0 Å². The first kappa shape index (κ1) is 14.8.